The molecule has 2 fully saturated rings. The first-order chi connectivity index (χ1) is 9.78. The standard InChI is InChI=1S/C16H24N2O2/c1-3-19-16-14-7-8-15(16)20-10-9-18(14)11-13-6-4-5-12(2)17-13/h4-6,14-16H,3,7-11H2,1-2H3. The lowest BCUT2D eigenvalue weighted by molar-refractivity contribution is -0.0498. The summed E-state index contributed by atoms with van der Waals surface area (Å²) in [5.74, 6) is 0. The van der Waals surface area contributed by atoms with Gasteiger partial charge in [-0.3, -0.25) is 9.88 Å². The van der Waals surface area contributed by atoms with Crippen LogP contribution in [-0.2, 0) is 16.0 Å². The van der Waals surface area contributed by atoms with E-state index in [1.54, 1.807) is 0 Å². The molecule has 2 aliphatic rings. The fraction of sp³-hybridized carbons (Fsp3) is 0.688. The van der Waals surface area contributed by atoms with E-state index in [0.717, 1.165) is 44.1 Å². The van der Waals surface area contributed by atoms with E-state index in [4.69, 9.17) is 9.47 Å². The molecule has 1 aliphatic carbocycles. The first-order valence-electron chi connectivity index (χ1n) is 7.67. The van der Waals surface area contributed by atoms with Crippen molar-refractivity contribution in [3.63, 3.8) is 0 Å². The second-order valence-corrected chi connectivity index (χ2v) is 5.71. The molecule has 1 saturated carbocycles. The summed E-state index contributed by atoms with van der Waals surface area (Å²) in [6.45, 7) is 7.54. The number of nitrogens with zero attached hydrogens (tertiary/aromatic N) is 2. The Bertz CT molecular complexity index is 452. The van der Waals surface area contributed by atoms with Crippen LogP contribution in [0, 0.1) is 6.92 Å². The SMILES string of the molecule is CCOC1C2CCC1N(Cc1cccc(C)n1)CCO2. The zero-order valence-corrected chi connectivity index (χ0v) is 12.4. The van der Waals surface area contributed by atoms with Gasteiger partial charge >= 0.3 is 0 Å². The monoisotopic (exact) mass is 276 g/mol. The number of aromatic nitrogens is 1. The molecule has 0 aromatic carbocycles. The minimum Gasteiger partial charge on any atom is -0.374 e. The van der Waals surface area contributed by atoms with Crippen molar-refractivity contribution in [2.24, 2.45) is 0 Å². The zero-order chi connectivity index (χ0) is 13.9. The van der Waals surface area contributed by atoms with Gasteiger partial charge in [-0.1, -0.05) is 6.07 Å². The number of pyridine rings is 1. The van der Waals surface area contributed by atoms with Gasteiger partial charge in [-0.25, -0.2) is 0 Å². The minimum absolute atomic E-state index is 0.229. The molecule has 1 aromatic heterocycles. The molecule has 4 nitrogen and oxygen atoms in total. The van der Waals surface area contributed by atoms with Gasteiger partial charge in [0.25, 0.3) is 0 Å². The van der Waals surface area contributed by atoms with Gasteiger partial charge in [0.05, 0.1) is 24.5 Å². The summed E-state index contributed by atoms with van der Waals surface area (Å²) < 4.78 is 11.9. The van der Waals surface area contributed by atoms with Crippen molar-refractivity contribution in [3.05, 3.63) is 29.6 Å². The molecule has 0 spiro atoms. The lowest BCUT2D eigenvalue weighted by atomic mass is 10.1. The average Bonchev–Trinajstić information content (AvgIpc) is 2.72. The van der Waals surface area contributed by atoms with Gasteiger partial charge in [-0.05, 0) is 38.8 Å². The molecule has 20 heavy (non-hydrogen) atoms. The number of aryl methyl sites for hydroxylation is 1. The first kappa shape index (κ1) is 14.0. The second-order valence-electron chi connectivity index (χ2n) is 5.71. The van der Waals surface area contributed by atoms with Gasteiger partial charge in [-0.15, -0.1) is 0 Å². The molecule has 0 radical (unpaired) electrons. The maximum Gasteiger partial charge on any atom is 0.0991 e. The van der Waals surface area contributed by atoms with Crippen LogP contribution in [-0.4, -0.2) is 47.9 Å². The topological polar surface area (TPSA) is 34.6 Å². The van der Waals surface area contributed by atoms with Crippen LogP contribution in [0.2, 0.25) is 0 Å². The van der Waals surface area contributed by atoms with Crippen LogP contribution in [0.5, 0.6) is 0 Å². The molecule has 3 unspecified atom stereocenters. The number of hydrogen-bond acceptors (Lipinski definition) is 4. The Labute approximate surface area is 121 Å². The number of hydrogen-bond donors (Lipinski definition) is 0. The minimum atomic E-state index is 0.229. The van der Waals surface area contributed by atoms with Gasteiger partial charge in [0.2, 0.25) is 0 Å². The Morgan fingerprint density at radius 2 is 2.30 bits per heavy atom. The summed E-state index contributed by atoms with van der Waals surface area (Å²) >= 11 is 0. The zero-order valence-electron chi connectivity index (χ0n) is 12.4. The quantitative estimate of drug-likeness (QED) is 0.844. The number of fused-ring (bicyclic) bond motifs is 2. The third-order valence-electron chi connectivity index (χ3n) is 4.34. The molecule has 4 heteroatoms. The van der Waals surface area contributed by atoms with Crippen molar-refractivity contribution in [3.8, 4) is 0 Å². The van der Waals surface area contributed by atoms with Gasteiger partial charge in [0.1, 0.15) is 0 Å². The van der Waals surface area contributed by atoms with Crippen molar-refractivity contribution in [1.29, 1.82) is 0 Å². The predicted octanol–water partition coefficient (Wildman–Crippen LogP) is 2.16. The lowest BCUT2D eigenvalue weighted by Gasteiger charge is -2.30. The molecular formula is C16H24N2O2. The van der Waals surface area contributed by atoms with Crippen LogP contribution in [0.4, 0.5) is 0 Å². The third-order valence-corrected chi connectivity index (χ3v) is 4.34. The van der Waals surface area contributed by atoms with Crippen LogP contribution >= 0.6 is 0 Å². The fourth-order valence-corrected chi connectivity index (χ4v) is 3.47. The normalized spacial score (nSPS) is 30.4. The first-order valence-corrected chi connectivity index (χ1v) is 7.67. The second kappa shape index (κ2) is 6.20. The highest BCUT2D eigenvalue weighted by molar-refractivity contribution is 5.10. The van der Waals surface area contributed by atoms with E-state index in [2.05, 4.69) is 28.9 Å². The van der Waals surface area contributed by atoms with Crippen LogP contribution in [0.1, 0.15) is 31.2 Å². The Kier molecular flexibility index (Phi) is 4.34. The molecule has 3 rings (SSSR count). The molecule has 0 amide bonds. The van der Waals surface area contributed by atoms with E-state index < -0.39 is 0 Å². The Morgan fingerprint density at radius 1 is 1.40 bits per heavy atom. The highest BCUT2D eigenvalue weighted by atomic mass is 16.5. The van der Waals surface area contributed by atoms with E-state index in [0.29, 0.717) is 6.04 Å². The summed E-state index contributed by atoms with van der Waals surface area (Å²) in [4.78, 5) is 7.12. The largest absolute Gasteiger partial charge is 0.374 e. The van der Waals surface area contributed by atoms with E-state index >= 15 is 0 Å². The van der Waals surface area contributed by atoms with Gasteiger partial charge in [0, 0.05) is 31.4 Å². The van der Waals surface area contributed by atoms with Gasteiger partial charge in [-0.2, -0.15) is 0 Å². The average molecular weight is 276 g/mol. The number of ether oxygens (including phenoxy) is 2. The van der Waals surface area contributed by atoms with Crippen molar-refractivity contribution < 1.29 is 9.47 Å². The van der Waals surface area contributed by atoms with E-state index in [1.165, 1.54) is 6.42 Å². The fourth-order valence-electron chi connectivity index (χ4n) is 3.47. The van der Waals surface area contributed by atoms with Crippen LogP contribution in [0.3, 0.4) is 0 Å². The lowest BCUT2D eigenvalue weighted by Crippen LogP contribution is -2.43. The highest BCUT2D eigenvalue weighted by Gasteiger charge is 2.42. The molecular weight excluding hydrogens is 252 g/mol. The summed E-state index contributed by atoms with van der Waals surface area (Å²) in [6.07, 6.45) is 2.80. The van der Waals surface area contributed by atoms with Crippen LogP contribution in [0.25, 0.3) is 0 Å². The van der Waals surface area contributed by atoms with Crippen molar-refractivity contribution in [1.82, 2.24) is 9.88 Å². The smallest absolute Gasteiger partial charge is 0.0991 e. The highest BCUT2D eigenvalue weighted by Crippen LogP contribution is 2.32. The summed E-state index contributed by atoms with van der Waals surface area (Å²) in [6, 6.07) is 6.72. The maximum atomic E-state index is 5.96. The van der Waals surface area contributed by atoms with E-state index in [-0.39, 0.29) is 12.2 Å². The molecule has 2 heterocycles. The van der Waals surface area contributed by atoms with Crippen molar-refractivity contribution >= 4 is 0 Å². The summed E-state index contributed by atoms with van der Waals surface area (Å²) in [5, 5.41) is 0. The van der Waals surface area contributed by atoms with E-state index in [9.17, 15) is 0 Å². The molecule has 0 N–H and O–H groups in total. The van der Waals surface area contributed by atoms with Crippen molar-refractivity contribution in [2.45, 2.75) is 51.5 Å². The van der Waals surface area contributed by atoms with Gasteiger partial charge in [0.15, 0.2) is 0 Å². The molecule has 2 bridgehead atoms. The summed E-state index contributed by atoms with van der Waals surface area (Å²) in [7, 11) is 0. The van der Waals surface area contributed by atoms with E-state index in [1.807, 2.05) is 13.0 Å². The van der Waals surface area contributed by atoms with Crippen LogP contribution in [0.15, 0.2) is 18.2 Å². The molecule has 1 saturated heterocycles. The number of rotatable bonds is 4. The van der Waals surface area contributed by atoms with Crippen molar-refractivity contribution in [2.75, 3.05) is 19.8 Å². The van der Waals surface area contributed by atoms with Gasteiger partial charge < -0.3 is 9.47 Å². The molecule has 1 aromatic rings. The molecule has 1 aliphatic heterocycles. The predicted molar refractivity (Wildman–Crippen MR) is 77.6 cm³/mol. The Morgan fingerprint density at radius 3 is 3.10 bits per heavy atom. The van der Waals surface area contributed by atoms with Crippen LogP contribution < -0.4 is 0 Å². The summed E-state index contributed by atoms with van der Waals surface area (Å²) in [5.41, 5.74) is 2.23. The Hall–Kier alpha value is -0.970. The molecule has 110 valence electrons. The third kappa shape index (κ3) is 2.87. The maximum absolute atomic E-state index is 5.96. The Balaban J connectivity index is 1.74. The molecule has 3 atom stereocenters.